The number of nitrogens with one attached hydrogen (secondary N) is 1. The van der Waals surface area contributed by atoms with Crippen LogP contribution in [0.1, 0.15) is 15.9 Å². The predicted octanol–water partition coefficient (Wildman–Crippen LogP) is 2.48. The van der Waals surface area contributed by atoms with Crippen LogP contribution in [-0.2, 0) is 0 Å². The van der Waals surface area contributed by atoms with Crippen molar-refractivity contribution in [3.05, 3.63) is 84.2 Å². The van der Waals surface area contributed by atoms with E-state index in [2.05, 4.69) is 4.98 Å². The Bertz CT molecular complexity index is 1170. The Hall–Kier alpha value is -3.14. The summed E-state index contributed by atoms with van der Waals surface area (Å²) >= 11 is 7.02. The molecular formula is C20H13ClN2O3S. The topological polar surface area (TPSA) is 82.9 Å². The van der Waals surface area contributed by atoms with Crippen LogP contribution in [0.3, 0.4) is 0 Å². The molecule has 0 aliphatic carbocycles. The molecule has 2 aromatic carbocycles. The quantitative estimate of drug-likeness (QED) is 0.671. The summed E-state index contributed by atoms with van der Waals surface area (Å²) in [6.45, 7) is -0.0193. The van der Waals surface area contributed by atoms with Crippen molar-refractivity contribution in [1.82, 2.24) is 4.98 Å². The van der Waals surface area contributed by atoms with Gasteiger partial charge < -0.3 is 9.72 Å². The maximum Gasteiger partial charge on any atom is 0.266 e. The Morgan fingerprint density at radius 3 is 2.56 bits per heavy atom. The molecule has 0 amide bonds. The number of nitriles is 1. The van der Waals surface area contributed by atoms with Crippen molar-refractivity contribution in [3.8, 4) is 11.8 Å². The number of ether oxygens (including phenoxy) is 1. The Labute approximate surface area is 163 Å². The summed E-state index contributed by atoms with van der Waals surface area (Å²) in [6.07, 6.45) is 3.12. The number of benzene rings is 2. The predicted molar refractivity (Wildman–Crippen MR) is 106 cm³/mol. The summed E-state index contributed by atoms with van der Waals surface area (Å²) in [5.41, 5.74) is 1.04. The van der Waals surface area contributed by atoms with Gasteiger partial charge in [0.05, 0.1) is 9.20 Å². The molecule has 5 nitrogen and oxygen atoms in total. The Kier molecular flexibility index (Phi) is 5.87. The van der Waals surface area contributed by atoms with Gasteiger partial charge in [-0.05, 0) is 48.0 Å². The van der Waals surface area contributed by atoms with Crippen LogP contribution in [0.25, 0.3) is 12.2 Å². The number of halogens is 1. The van der Waals surface area contributed by atoms with Gasteiger partial charge in [-0.25, -0.2) is 0 Å². The number of thiazole rings is 1. The van der Waals surface area contributed by atoms with Gasteiger partial charge in [-0.1, -0.05) is 23.7 Å². The molecule has 1 N–H and O–H groups in total. The van der Waals surface area contributed by atoms with E-state index in [0.29, 0.717) is 25.5 Å². The summed E-state index contributed by atoms with van der Waals surface area (Å²) in [5, 5.41) is 9.06. The normalized spacial score (nSPS) is 12.0. The number of hydrogen-bond donors (Lipinski definition) is 1. The third-order valence-corrected chi connectivity index (χ3v) is 4.77. The molecule has 0 spiro atoms. The van der Waals surface area contributed by atoms with Crippen molar-refractivity contribution in [2.45, 2.75) is 0 Å². The molecule has 27 heavy (non-hydrogen) atoms. The Morgan fingerprint density at radius 1 is 1.19 bits per heavy atom. The highest BCUT2D eigenvalue weighted by molar-refractivity contribution is 7.07. The van der Waals surface area contributed by atoms with Crippen molar-refractivity contribution >= 4 is 40.9 Å². The lowest BCUT2D eigenvalue weighted by atomic mass is 10.1. The summed E-state index contributed by atoms with van der Waals surface area (Å²) < 4.78 is 6.14. The fourth-order valence-electron chi connectivity index (χ4n) is 2.27. The first-order valence-corrected chi connectivity index (χ1v) is 9.07. The second-order valence-corrected chi connectivity index (χ2v) is 6.98. The Morgan fingerprint density at radius 2 is 1.89 bits per heavy atom. The molecule has 0 radical (unpaired) electrons. The van der Waals surface area contributed by atoms with Crippen molar-refractivity contribution in [1.29, 1.82) is 5.26 Å². The first-order valence-electron chi connectivity index (χ1n) is 7.87. The lowest BCUT2D eigenvalue weighted by molar-refractivity contribution is 0.106. The molecular weight excluding hydrogens is 384 g/mol. The standard InChI is InChI=1S/C20H13ClN2O3S/c21-15-5-3-14(4-6-15)17(24)12-19-23-20(25)18(27-19)11-13-1-7-16(8-2-13)26-10-9-22/h1-8,11-12H,10H2,(H,23,25)/b18-11+,19-12+. The number of nitrogens with zero attached hydrogens (tertiary/aromatic N) is 1. The molecule has 0 saturated carbocycles. The minimum Gasteiger partial charge on any atom is -0.479 e. The number of carbonyl (C=O) groups is 1. The van der Waals surface area contributed by atoms with Gasteiger partial charge in [-0.15, -0.1) is 11.3 Å². The zero-order chi connectivity index (χ0) is 19.2. The minimum atomic E-state index is -0.264. The maximum atomic E-state index is 12.3. The summed E-state index contributed by atoms with van der Waals surface area (Å²) in [6, 6.07) is 15.5. The number of carbonyl (C=O) groups excluding carboxylic acids is 1. The van der Waals surface area contributed by atoms with E-state index >= 15 is 0 Å². The molecule has 1 heterocycles. The molecule has 0 atom stereocenters. The van der Waals surface area contributed by atoms with E-state index in [0.717, 1.165) is 5.56 Å². The van der Waals surface area contributed by atoms with Gasteiger partial charge in [-0.3, -0.25) is 9.59 Å². The fourth-order valence-corrected chi connectivity index (χ4v) is 3.28. The third kappa shape index (κ3) is 4.94. The molecule has 0 unspecified atom stereocenters. The lowest BCUT2D eigenvalue weighted by Gasteiger charge is -2.00. The number of aromatic nitrogens is 1. The van der Waals surface area contributed by atoms with E-state index in [9.17, 15) is 9.59 Å². The molecule has 134 valence electrons. The van der Waals surface area contributed by atoms with Gasteiger partial charge in [0.1, 0.15) is 11.8 Å². The van der Waals surface area contributed by atoms with E-state index in [4.69, 9.17) is 21.6 Å². The average molecular weight is 397 g/mol. The van der Waals surface area contributed by atoms with Crippen LogP contribution < -0.4 is 19.5 Å². The highest BCUT2D eigenvalue weighted by atomic mass is 35.5. The van der Waals surface area contributed by atoms with E-state index in [1.807, 2.05) is 6.07 Å². The van der Waals surface area contributed by atoms with Crippen LogP contribution in [0.5, 0.6) is 5.75 Å². The highest BCUT2D eigenvalue weighted by Gasteiger charge is 2.03. The molecule has 0 aliphatic rings. The van der Waals surface area contributed by atoms with Gasteiger partial charge in [0.25, 0.3) is 5.56 Å². The zero-order valence-electron chi connectivity index (χ0n) is 13.9. The van der Waals surface area contributed by atoms with Crippen LogP contribution in [0.4, 0.5) is 0 Å². The van der Waals surface area contributed by atoms with Crippen LogP contribution in [0.2, 0.25) is 5.02 Å². The van der Waals surface area contributed by atoms with Gasteiger partial charge in [0, 0.05) is 16.7 Å². The van der Waals surface area contributed by atoms with E-state index in [1.54, 1.807) is 54.6 Å². The van der Waals surface area contributed by atoms with Crippen LogP contribution in [0.15, 0.2) is 53.3 Å². The van der Waals surface area contributed by atoms with Gasteiger partial charge in [0.15, 0.2) is 12.4 Å². The monoisotopic (exact) mass is 396 g/mol. The highest BCUT2D eigenvalue weighted by Crippen LogP contribution is 2.12. The average Bonchev–Trinajstić information content (AvgIpc) is 3.00. The van der Waals surface area contributed by atoms with Crippen LogP contribution in [-0.4, -0.2) is 17.4 Å². The largest absolute Gasteiger partial charge is 0.479 e. The van der Waals surface area contributed by atoms with E-state index < -0.39 is 0 Å². The van der Waals surface area contributed by atoms with Crippen molar-refractivity contribution in [2.24, 2.45) is 0 Å². The second-order valence-electron chi connectivity index (χ2n) is 5.46. The van der Waals surface area contributed by atoms with Crippen LogP contribution >= 0.6 is 22.9 Å². The first-order chi connectivity index (χ1) is 13.0. The Balaban J connectivity index is 1.86. The summed E-state index contributed by atoms with van der Waals surface area (Å²) in [5.74, 6) is 0.367. The van der Waals surface area contributed by atoms with Gasteiger partial charge >= 0.3 is 0 Å². The zero-order valence-corrected chi connectivity index (χ0v) is 15.5. The molecule has 0 fully saturated rings. The molecule has 0 saturated heterocycles. The number of ketones is 1. The molecule has 3 rings (SSSR count). The summed E-state index contributed by atoms with van der Waals surface area (Å²) in [4.78, 5) is 27.1. The number of Topliss-reactive ketones (excluding diaryl/α,β-unsaturated/α-hetero) is 1. The first kappa shape index (κ1) is 18.6. The maximum absolute atomic E-state index is 12.3. The van der Waals surface area contributed by atoms with Crippen molar-refractivity contribution in [2.75, 3.05) is 6.61 Å². The number of rotatable bonds is 5. The molecule has 0 bridgehead atoms. The summed E-state index contributed by atoms with van der Waals surface area (Å²) in [7, 11) is 0. The molecule has 7 heteroatoms. The lowest BCUT2D eigenvalue weighted by Crippen LogP contribution is -2.20. The minimum absolute atomic E-state index is 0.0193. The van der Waals surface area contributed by atoms with Gasteiger partial charge in [-0.2, -0.15) is 5.26 Å². The van der Waals surface area contributed by atoms with Crippen molar-refractivity contribution < 1.29 is 9.53 Å². The third-order valence-electron chi connectivity index (χ3n) is 3.55. The second kappa shape index (κ2) is 8.49. The number of H-pyrrole nitrogens is 1. The van der Waals surface area contributed by atoms with E-state index in [-0.39, 0.29) is 17.9 Å². The molecule has 1 aromatic heterocycles. The number of aromatic amines is 1. The molecule has 3 aromatic rings. The van der Waals surface area contributed by atoms with Crippen molar-refractivity contribution in [3.63, 3.8) is 0 Å². The van der Waals surface area contributed by atoms with Gasteiger partial charge in [0.2, 0.25) is 0 Å². The molecule has 0 aliphatic heterocycles. The van der Waals surface area contributed by atoms with Crippen LogP contribution in [0, 0.1) is 11.3 Å². The SMILES string of the molecule is N#CCOc1ccc(/C=c2/s/c(=C/C(=O)c3ccc(Cl)cc3)[nH]c2=O)cc1. The van der Waals surface area contributed by atoms with E-state index in [1.165, 1.54) is 17.4 Å². The number of hydrogen-bond acceptors (Lipinski definition) is 5. The smallest absolute Gasteiger partial charge is 0.266 e. The fraction of sp³-hybridized carbons (Fsp3) is 0.0500.